The van der Waals surface area contributed by atoms with E-state index in [1.54, 1.807) is 0 Å². The Morgan fingerprint density at radius 2 is 1.78 bits per heavy atom. The van der Waals surface area contributed by atoms with Gasteiger partial charge in [-0.15, -0.1) is 11.6 Å². The first-order valence-electron chi connectivity index (χ1n) is 3.31. The third-order valence-electron chi connectivity index (χ3n) is 1.64. The van der Waals surface area contributed by atoms with Crippen molar-refractivity contribution >= 4 is 18.7 Å². The third-order valence-corrected chi connectivity index (χ3v) is 5.44. The molecule has 0 N–H and O–H groups in total. The van der Waals surface area contributed by atoms with Crippen LogP contribution in [-0.2, 0) is 4.57 Å². The lowest BCUT2D eigenvalue weighted by Gasteiger charge is -2.10. The second-order valence-corrected chi connectivity index (χ2v) is 6.31. The number of hydrogen-bond acceptors (Lipinski definition) is 1. The molecule has 0 saturated heterocycles. The van der Waals surface area contributed by atoms with Gasteiger partial charge in [0, 0.05) is 12.0 Å². The van der Waals surface area contributed by atoms with Crippen molar-refractivity contribution in [2.75, 3.05) is 24.4 Å². The average Bonchev–Trinajstić information content (AvgIpc) is 1.89. The fourth-order valence-corrected chi connectivity index (χ4v) is 3.01. The van der Waals surface area contributed by atoms with E-state index in [9.17, 15) is 4.57 Å². The zero-order valence-corrected chi connectivity index (χ0v) is 7.71. The van der Waals surface area contributed by atoms with Crippen molar-refractivity contribution in [1.29, 1.82) is 0 Å². The molecule has 0 aliphatic heterocycles. The van der Waals surface area contributed by atoms with Crippen molar-refractivity contribution in [3.8, 4) is 0 Å². The Labute approximate surface area is 62.2 Å². The molecule has 0 aromatic carbocycles. The van der Waals surface area contributed by atoms with Crippen LogP contribution in [0.25, 0.3) is 0 Å². The van der Waals surface area contributed by atoms with Gasteiger partial charge in [-0.3, -0.25) is 0 Å². The van der Waals surface area contributed by atoms with Gasteiger partial charge in [-0.05, 0) is 12.3 Å². The molecule has 0 aliphatic carbocycles. The van der Waals surface area contributed by atoms with Gasteiger partial charge in [-0.2, -0.15) is 0 Å². The third kappa shape index (κ3) is 3.27. The molecule has 0 saturated carbocycles. The normalized spacial score (nSPS) is 11.9. The van der Waals surface area contributed by atoms with Crippen LogP contribution in [0.4, 0.5) is 0 Å². The molecule has 3 heteroatoms. The van der Waals surface area contributed by atoms with Gasteiger partial charge in [0.25, 0.3) is 0 Å². The predicted octanol–water partition coefficient (Wildman–Crippen LogP) is 2.63. The van der Waals surface area contributed by atoms with Crippen molar-refractivity contribution in [3.05, 3.63) is 0 Å². The average molecular weight is 169 g/mol. The molecule has 1 nitrogen and oxygen atoms in total. The standard InChI is InChI=1S/C6H14ClOP/c1-3-9(8,4-2)6-5-7/h3-6H2,1-2H3. The van der Waals surface area contributed by atoms with Gasteiger partial charge >= 0.3 is 0 Å². The van der Waals surface area contributed by atoms with Crippen molar-refractivity contribution in [1.82, 2.24) is 0 Å². The molecular formula is C6H14ClOP. The van der Waals surface area contributed by atoms with Crippen LogP contribution >= 0.6 is 18.7 Å². The van der Waals surface area contributed by atoms with Crippen molar-refractivity contribution in [3.63, 3.8) is 0 Å². The second kappa shape index (κ2) is 4.35. The summed E-state index contributed by atoms with van der Waals surface area (Å²) in [5, 5.41) is 0. The van der Waals surface area contributed by atoms with Crippen LogP contribution < -0.4 is 0 Å². The van der Waals surface area contributed by atoms with Crippen LogP contribution in [0, 0.1) is 0 Å². The summed E-state index contributed by atoms with van der Waals surface area (Å²) in [7, 11) is -1.81. The minimum atomic E-state index is -1.81. The molecule has 0 atom stereocenters. The largest absolute Gasteiger partial charge is 0.324 e. The topological polar surface area (TPSA) is 17.1 Å². The van der Waals surface area contributed by atoms with E-state index in [-0.39, 0.29) is 0 Å². The van der Waals surface area contributed by atoms with E-state index < -0.39 is 7.14 Å². The maximum Gasteiger partial charge on any atom is 0.0883 e. The SMILES string of the molecule is CCP(=O)(CC)CCCl. The van der Waals surface area contributed by atoms with Crippen molar-refractivity contribution < 1.29 is 4.57 Å². The monoisotopic (exact) mass is 168 g/mol. The molecule has 0 radical (unpaired) electrons. The van der Waals surface area contributed by atoms with Crippen molar-refractivity contribution in [2.24, 2.45) is 0 Å². The van der Waals surface area contributed by atoms with Gasteiger partial charge in [0.2, 0.25) is 0 Å². The molecule has 0 aromatic heterocycles. The van der Waals surface area contributed by atoms with Crippen LogP contribution in [0.3, 0.4) is 0 Å². The molecule has 0 bridgehead atoms. The molecule has 0 aromatic rings. The Hall–Kier alpha value is 0.520. The number of alkyl halides is 1. The Bertz CT molecular complexity index is 106. The summed E-state index contributed by atoms with van der Waals surface area (Å²) in [5.41, 5.74) is 0. The molecule has 0 rings (SSSR count). The van der Waals surface area contributed by atoms with Crippen LogP contribution in [-0.4, -0.2) is 24.4 Å². The summed E-state index contributed by atoms with van der Waals surface area (Å²) in [4.78, 5) is 0. The first-order valence-corrected chi connectivity index (χ1v) is 6.11. The fourth-order valence-electron chi connectivity index (χ4n) is 0.694. The van der Waals surface area contributed by atoms with E-state index in [1.165, 1.54) is 0 Å². The lowest BCUT2D eigenvalue weighted by molar-refractivity contribution is 0.577. The number of hydrogen-bond donors (Lipinski definition) is 0. The minimum absolute atomic E-state index is 0.541. The highest BCUT2D eigenvalue weighted by Gasteiger charge is 2.14. The molecule has 0 spiro atoms. The van der Waals surface area contributed by atoms with E-state index in [2.05, 4.69) is 0 Å². The molecule has 0 unspecified atom stereocenters. The Kier molecular flexibility index (Phi) is 4.61. The maximum absolute atomic E-state index is 11.5. The molecule has 9 heavy (non-hydrogen) atoms. The minimum Gasteiger partial charge on any atom is -0.324 e. The first kappa shape index (κ1) is 9.52. The van der Waals surface area contributed by atoms with Crippen LogP contribution in [0.2, 0.25) is 0 Å². The Morgan fingerprint density at radius 1 is 1.33 bits per heavy atom. The number of rotatable bonds is 4. The van der Waals surface area contributed by atoms with E-state index >= 15 is 0 Å². The van der Waals surface area contributed by atoms with Gasteiger partial charge < -0.3 is 4.57 Å². The van der Waals surface area contributed by atoms with E-state index in [4.69, 9.17) is 11.6 Å². The molecular weight excluding hydrogens is 154 g/mol. The highest BCUT2D eigenvalue weighted by atomic mass is 35.5. The van der Waals surface area contributed by atoms with E-state index in [1.807, 2.05) is 13.8 Å². The summed E-state index contributed by atoms with van der Waals surface area (Å²) in [6.45, 7) is 3.94. The zero-order valence-electron chi connectivity index (χ0n) is 6.06. The van der Waals surface area contributed by atoms with Crippen molar-refractivity contribution in [2.45, 2.75) is 13.8 Å². The van der Waals surface area contributed by atoms with Crippen LogP contribution in [0.5, 0.6) is 0 Å². The highest BCUT2D eigenvalue weighted by Crippen LogP contribution is 2.44. The smallest absolute Gasteiger partial charge is 0.0883 e. The lowest BCUT2D eigenvalue weighted by atomic mass is 10.9. The highest BCUT2D eigenvalue weighted by molar-refractivity contribution is 7.63. The molecule has 0 aliphatic rings. The van der Waals surface area contributed by atoms with Gasteiger partial charge in [-0.25, -0.2) is 0 Å². The fraction of sp³-hybridized carbons (Fsp3) is 1.00. The van der Waals surface area contributed by atoms with Crippen LogP contribution in [0.1, 0.15) is 13.8 Å². The molecule has 0 fully saturated rings. The summed E-state index contributed by atoms with van der Waals surface area (Å²) in [6, 6.07) is 0. The molecule has 0 amide bonds. The number of halogens is 1. The lowest BCUT2D eigenvalue weighted by Crippen LogP contribution is -1.95. The predicted molar refractivity (Wildman–Crippen MR) is 44.3 cm³/mol. The van der Waals surface area contributed by atoms with Gasteiger partial charge in [0.05, 0.1) is 7.14 Å². The van der Waals surface area contributed by atoms with Gasteiger partial charge in [0.15, 0.2) is 0 Å². The second-order valence-electron chi connectivity index (χ2n) is 2.10. The molecule has 56 valence electrons. The van der Waals surface area contributed by atoms with E-state index in [0.717, 1.165) is 12.3 Å². The molecule has 0 heterocycles. The summed E-state index contributed by atoms with van der Waals surface area (Å²) in [6.07, 6.45) is 2.31. The Morgan fingerprint density at radius 3 is 1.89 bits per heavy atom. The maximum atomic E-state index is 11.5. The summed E-state index contributed by atoms with van der Waals surface area (Å²) < 4.78 is 11.5. The van der Waals surface area contributed by atoms with Crippen LogP contribution in [0.15, 0.2) is 0 Å². The van der Waals surface area contributed by atoms with E-state index in [0.29, 0.717) is 12.0 Å². The van der Waals surface area contributed by atoms with Gasteiger partial charge in [-0.1, -0.05) is 13.8 Å². The first-order chi connectivity index (χ1) is 4.18. The summed E-state index contributed by atoms with van der Waals surface area (Å²) in [5.74, 6) is 0.541. The van der Waals surface area contributed by atoms with Gasteiger partial charge in [0.1, 0.15) is 0 Å². The summed E-state index contributed by atoms with van der Waals surface area (Å²) >= 11 is 5.47. The quantitative estimate of drug-likeness (QED) is 0.466. The Balaban J connectivity index is 3.78. The zero-order chi connectivity index (χ0) is 7.33.